The highest BCUT2D eigenvalue weighted by atomic mass is 35.5. The third-order valence-electron chi connectivity index (χ3n) is 3.77. The number of fused-ring (bicyclic) bond motifs is 1. The van der Waals surface area contributed by atoms with Gasteiger partial charge in [0.2, 0.25) is 10.0 Å². The number of hydrogen-bond donors (Lipinski definition) is 2. The number of halogens is 1. The molecule has 1 aromatic carbocycles. The zero-order valence-corrected chi connectivity index (χ0v) is 14.3. The lowest BCUT2D eigenvalue weighted by molar-refractivity contribution is 0.502. The molecule has 1 aliphatic rings. The number of sulfonamides is 1. The van der Waals surface area contributed by atoms with Crippen LogP contribution in [0.15, 0.2) is 18.2 Å². The Labute approximate surface area is 134 Å². The molecule has 0 spiro atoms. The van der Waals surface area contributed by atoms with E-state index >= 15 is 0 Å². The van der Waals surface area contributed by atoms with Crippen molar-refractivity contribution in [3.63, 3.8) is 0 Å². The molecular weight excluding hydrogens is 308 g/mol. The molecule has 0 bridgehead atoms. The maximum atomic E-state index is 12.1. The largest absolute Gasteiger partial charge is 0.399 e. The van der Waals surface area contributed by atoms with Crippen LogP contribution in [-0.2, 0) is 16.4 Å². The normalized spacial score (nSPS) is 18.1. The number of nitrogen functional groups attached to an aromatic ring is 1. The summed E-state index contributed by atoms with van der Waals surface area (Å²) in [5, 5.41) is 0. The molecule has 0 radical (unpaired) electrons. The van der Waals surface area contributed by atoms with Crippen molar-refractivity contribution >= 4 is 28.1 Å². The van der Waals surface area contributed by atoms with Gasteiger partial charge in [0.15, 0.2) is 0 Å². The van der Waals surface area contributed by atoms with E-state index in [1.165, 1.54) is 5.56 Å². The van der Waals surface area contributed by atoms with Gasteiger partial charge in [0.05, 0.1) is 5.75 Å². The quantitative estimate of drug-likeness (QED) is 0.814. The van der Waals surface area contributed by atoms with Crippen LogP contribution in [0.4, 0.5) is 5.69 Å². The molecule has 1 atom stereocenters. The molecule has 3 N–H and O–H groups in total. The van der Waals surface area contributed by atoms with Crippen LogP contribution >= 0.6 is 12.4 Å². The second-order valence-electron chi connectivity index (χ2n) is 6.02. The van der Waals surface area contributed by atoms with Crippen molar-refractivity contribution in [2.24, 2.45) is 5.92 Å². The van der Waals surface area contributed by atoms with Gasteiger partial charge in [-0.15, -0.1) is 12.4 Å². The summed E-state index contributed by atoms with van der Waals surface area (Å²) in [6.07, 6.45) is 3.52. The van der Waals surface area contributed by atoms with Crippen LogP contribution in [0.2, 0.25) is 0 Å². The van der Waals surface area contributed by atoms with Crippen LogP contribution in [0.3, 0.4) is 0 Å². The number of hydrogen-bond acceptors (Lipinski definition) is 3. The van der Waals surface area contributed by atoms with Crippen LogP contribution in [-0.4, -0.2) is 14.2 Å². The molecule has 0 saturated carbocycles. The van der Waals surface area contributed by atoms with Crippen molar-refractivity contribution < 1.29 is 8.42 Å². The molecule has 0 saturated heterocycles. The van der Waals surface area contributed by atoms with Crippen molar-refractivity contribution in [1.29, 1.82) is 0 Å². The topological polar surface area (TPSA) is 72.2 Å². The summed E-state index contributed by atoms with van der Waals surface area (Å²) in [6, 6.07) is 5.67. The first kappa shape index (κ1) is 18.3. The van der Waals surface area contributed by atoms with Crippen molar-refractivity contribution in [1.82, 2.24) is 4.72 Å². The summed E-state index contributed by atoms with van der Waals surface area (Å²) >= 11 is 0. The van der Waals surface area contributed by atoms with Crippen molar-refractivity contribution in [3.05, 3.63) is 29.3 Å². The molecule has 0 aromatic heterocycles. The van der Waals surface area contributed by atoms with Crippen LogP contribution in [0.1, 0.15) is 50.3 Å². The maximum Gasteiger partial charge on any atom is 0.212 e. The van der Waals surface area contributed by atoms with Crippen LogP contribution in [0.25, 0.3) is 0 Å². The predicted octanol–water partition coefficient (Wildman–Crippen LogP) is 3.03. The zero-order valence-electron chi connectivity index (χ0n) is 12.6. The highest BCUT2D eigenvalue weighted by Gasteiger charge is 2.24. The zero-order chi connectivity index (χ0) is 14.8. The summed E-state index contributed by atoms with van der Waals surface area (Å²) < 4.78 is 27.1. The van der Waals surface area contributed by atoms with E-state index in [0.717, 1.165) is 30.5 Å². The fourth-order valence-corrected chi connectivity index (χ4v) is 4.20. The minimum absolute atomic E-state index is 0. The summed E-state index contributed by atoms with van der Waals surface area (Å²) in [4.78, 5) is 0. The van der Waals surface area contributed by atoms with Crippen molar-refractivity contribution in [3.8, 4) is 0 Å². The molecule has 0 fully saturated rings. The lowest BCUT2D eigenvalue weighted by Gasteiger charge is -2.26. The molecule has 1 aromatic rings. The van der Waals surface area contributed by atoms with E-state index in [2.05, 4.69) is 4.72 Å². The molecular formula is C15H25ClN2O2S. The molecule has 0 amide bonds. The van der Waals surface area contributed by atoms with Gasteiger partial charge in [-0.2, -0.15) is 0 Å². The molecule has 0 aliphatic heterocycles. The Hall–Kier alpha value is -0.780. The average molecular weight is 333 g/mol. The minimum Gasteiger partial charge on any atom is -0.399 e. The number of benzene rings is 1. The molecule has 21 heavy (non-hydrogen) atoms. The fourth-order valence-electron chi connectivity index (χ4n) is 2.62. The molecule has 1 aliphatic carbocycles. The van der Waals surface area contributed by atoms with Crippen molar-refractivity contribution in [2.75, 3.05) is 11.5 Å². The Balaban J connectivity index is 0.00000220. The Morgan fingerprint density at radius 1 is 1.38 bits per heavy atom. The van der Waals surface area contributed by atoms with Gasteiger partial charge >= 0.3 is 0 Å². The fraction of sp³-hybridized carbons (Fsp3) is 0.600. The summed E-state index contributed by atoms with van der Waals surface area (Å²) in [6.45, 7) is 4.07. The highest BCUT2D eigenvalue weighted by molar-refractivity contribution is 7.89. The van der Waals surface area contributed by atoms with Gasteiger partial charge in [0.25, 0.3) is 0 Å². The Morgan fingerprint density at radius 3 is 2.76 bits per heavy atom. The van der Waals surface area contributed by atoms with Gasteiger partial charge in [0, 0.05) is 11.7 Å². The first-order valence-electron chi connectivity index (χ1n) is 7.25. The third-order valence-corrected chi connectivity index (χ3v) is 5.18. The molecule has 1 unspecified atom stereocenters. The molecule has 2 rings (SSSR count). The maximum absolute atomic E-state index is 12.1. The van der Waals surface area contributed by atoms with E-state index in [1.807, 2.05) is 32.0 Å². The van der Waals surface area contributed by atoms with Gasteiger partial charge in [-0.25, -0.2) is 13.1 Å². The number of anilines is 1. The van der Waals surface area contributed by atoms with Crippen LogP contribution in [0, 0.1) is 5.92 Å². The smallest absolute Gasteiger partial charge is 0.212 e. The van der Waals surface area contributed by atoms with E-state index in [-0.39, 0.29) is 24.2 Å². The Morgan fingerprint density at radius 2 is 2.10 bits per heavy atom. The standard InChI is InChI=1S/C15H24N2O2S.ClH/c1-11(2)8-9-20(18,19)17-15-5-3-4-12-10-13(16)6-7-14(12)15;/h6-7,10-11,15,17H,3-5,8-9,16H2,1-2H3;1H. The molecule has 0 heterocycles. The lowest BCUT2D eigenvalue weighted by Crippen LogP contribution is -2.33. The van der Waals surface area contributed by atoms with Gasteiger partial charge in [-0.1, -0.05) is 19.9 Å². The Kier molecular flexibility index (Phi) is 6.50. The van der Waals surface area contributed by atoms with E-state index < -0.39 is 10.0 Å². The van der Waals surface area contributed by atoms with Gasteiger partial charge in [-0.05, 0) is 54.9 Å². The average Bonchev–Trinajstić information content (AvgIpc) is 2.36. The van der Waals surface area contributed by atoms with Gasteiger partial charge < -0.3 is 5.73 Å². The van der Waals surface area contributed by atoms with E-state index in [1.54, 1.807) is 0 Å². The third kappa shape index (κ3) is 5.16. The van der Waals surface area contributed by atoms with Crippen LogP contribution in [0.5, 0.6) is 0 Å². The monoisotopic (exact) mass is 332 g/mol. The molecule has 4 nitrogen and oxygen atoms in total. The number of rotatable bonds is 5. The van der Waals surface area contributed by atoms with E-state index in [4.69, 9.17) is 5.73 Å². The first-order chi connectivity index (χ1) is 9.37. The first-order valence-corrected chi connectivity index (χ1v) is 8.91. The lowest BCUT2D eigenvalue weighted by atomic mass is 9.88. The minimum atomic E-state index is -3.21. The number of nitrogens with one attached hydrogen (secondary N) is 1. The second-order valence-corrected chi connectivity index (χ2v) is 7.90. The van der Waals surface area contributed by atoms with Gasteiger partial charge in [0.1, 0.15) is 0 Å². The van der Waals surface area contributed by atoms with E-state index in [9.17, 15) is 8.42 Å². The number of aryl methyl sites for hydroxylation is 1. The van der Waals surface area contributed by atoms with Crippen molar-refractivity contribution in [2.45, 2.75) is 45.6 Å². The number of nitrogens with two attached hydrogens (primary N) is 1. The Bertz CT molecular complexity index is 573. The van der Waals surface area contributed by atoms with E-state index in [0.29, 0.717) is 12.3 Å². The SMILES string of the molecule is CC(C)CCS(=O)(=O)NC1CCCc2cc(N)ccc21.Cl. The van der Waals surface area contributed by atoms with Crippen LogP contribution < -0.4 is 10.5 Å². The molecule has 120 valence electrons. The molecule has 6 heteroatoms. The predicted molar refractivity (Wildman–Crippen MR) is 90.2 cm³/mol. The highest BCUT2D eigenvalue weighted by Crippen LogP contribution is 2.31. The van der Waals surface area contributed by atoms with Gasteiger partial charge in [-0.3, -0.25) is 0 Å². The summed E-state index contributed by atoms with van der Waals surface area (Å²) in [5.41, 5.74) is 8.80. The summed E-state index contributed by atoms with van der Waals surface area (Å²) in [5.74, 6) is 0.593. The summed E-state index contributed by atoms with van der Waals surface area (Å²) in [7, 11) is -3.21. The second kappa shape index (κ2) is 7.47.